The lowest BCUT2D eigenvalue weighted by Gasteiger charge is -2.14. The number of aryl methyl sites for hydroxylation is 1. The quantitative estimate of drug-likeness (QED) is 0.616. The highest BCUT2D eigenvalue weighted by molar-refractivity contribution is 5.98. The number of nitrogens with zero attached hydrogens (tertiary/aromatic N) is 2. The number of rotatable bonds is 6. The number of nitrogens with one attached hydrogen (secondary N) is 2. The lowest BCUT2D eigenvalue weighted by molar-refractivity contribution is 0.100. The first-order valence-electron chi connectivity index (χ1n) is 8.07. The van der Waals surface area contributed by atoms with Crippen LogP contribution in [0.4, 0.5) is 27.5 Å². The molecule has 0 radical (unpaired) electrons. The first-order chi connectivity index (χ1) is 13.0. The summed E-state index contributed by atoms with van der Waals surface area (Å²) in [6, 6.07) is 11.6. The SMILES string of the molecule is COc1cc(C)cc(Nc2nc(Nc3ccccn3)c(F)cc2C(N)=O)c1. The second kappa shape index (κ2) is 7.69. The zero-order valence-electron chi connectivity index (χ0n) is 14.8. The molecule has 7 nitrogen and oxygen atoms in total. The number of pyridine rings is 2. The Morgan fingerprint density at radius 3 is 2.63 bits per heavy atom. The van der Waals surface area contributed by atoms with Crippen LogP contribution < -0.4 is 21.1 Å². The molecule has 3 aromatic rings. The standard InChI is InChI=1S/C19H18FN5O2/c1-11-7-12(9-13(8-11)27-2)23-18-14(17(21)26)10-15(20)19(25-18)24-16-5-3-4-6-22-16/h3-10H,1-2H3,(H2,21,26)(H2,22,23,24,25). The summed E-state index contributed by atoms with van der Waals surface area (Å²) in [5.74, 6) is -0.434. The number of carbonyl (C=O) groups is 1. The molecule has 0 fully saturated rings. The summed E-state index contributed by atoms with van der Waals surface area (Å²) in [7, 11) is 1.55. The molecular weight excluding hydrogens is 349 g/mol. The van der Waals surface area contributed by atoms with Crippen LogP contribution in [0.25, 0.3) is 0 Å². The molecule has 1 amide bonds. The van der Waals surface area contributed by atoms with Crippen LogP contribution >= 0.6 is 0 Å². The molecule has 0 bridgehead atoms. The fourth-order valence-electron chi connectivity index (χ4n) is 2.49. The lowest BCUT2D eigenvalue weighted by atomic mass is 10.2. The molecule has 4 N–H and O–H groups in total. The first-order valence-corrected chi connectivity index (χ1v) is 8.07. The van der Waals surface area contributed by atoms with E-state index in [0.29, 0.717) is 17.3 Å². The van der Waals surface area contributed by atoms with Gasteiger partial charge in [0.1, 0.15) is 17.4 Å². The van der Waals surface area contributed by atoms with Crippen molar-refractivity contribution in [2.75, 3.05) is 17.7 Å². The number of benzene rings is 1. The number of anilines is 4. The van der Waals surface area contributed by atoms with Crippen molar-refractivity contribution >= 4 is 29.0 Å². The third-order valence-corrected chi connectivity index (χ3v) is 3.70. The van der Waals surface area contributed by atoms with Crippen LogP contribution in [0.5, 0.6) is 5.75 Å². The maximum Gasteiger partial charge on any atom is 0.252 e. The normalized spacial score (nSPS) is 10.3. The number of nitrogens with two attached hydrogens (primary N) is 1. The number of aromatic nitrogens is 2. The van der Waals surface area contributed by atoms with E-state index in [9.17, 15) is 9.18 Å². The number of primary amides is 1. The van der Waals surface area contributed by atoms with Crippen molar-refractivity contribution in [1.29, 1.82) is 0 Å². The number of methoxy groups -OCH3 is 1. The van der Waals surface area contributed by atoms with E-state index in [4.69, 9.17) is 10.5 Å². The van der Waals surface area contributed by atoms with Crippen molar-refractivity contribution in [3.05, 3.63) is 65.6 Å². The van der Waals surface area contributed by atoms with Crippen molar-refractivity contribution in [3.63, 3.8) is 0 Å². The minimum atomic E-state index is -0.798. The Morgan fingerprint density at radius 2 is 1.96 bits per heavy atom. The van der Waals surface area contributed by atoms with Gasteiger partial charge in [-0.25, -0.2) is 14.4 Å². The molecule has 0 aliphatic carbocycles. The Hall–Kier alpha value is -3.68. The highest BCUT2D eigenvalue weighted by atomic mass is 19.1. The minimum absolute atomic E-state index is 0.0699. The Kier molecular flexibility index (Phi) is 5.16. The number of ether oxygens (including phenoxy) is 1. The average Bonchev–Trinajstić information content (AvgIpc) is 2.64. The first kappa shape index (κ1) is 18.1. The van der Waals surface area contributed by atoms with Crippen LogP contribution in [0.15, 0.2) is 48.7 Å². The monoisotopic (exact) mass is 367 g/mol. The number of hydrogen-bond donors (Lipinski definition) is 3. The molecule has 0 spiro atoms. The van der Waals surface area contributed by atoms with E-state index < -0.39 is 11.7 Å². The Bertz CT molecular complexity index is 979. The van der Waals surface area contributed by atoms with Gasteiger partial charge in [0.15, 0.2) is 11.6 Å². The minimum Gasteiger partial charge on any atom is -0.497 e. The molecule has 1 aromatic carbocycles. The Balaban J connectivity index is 2.00. The summed E-state index contributed by atoms with van der Waals surface area (Å²) in [6.45, 7) is 1.90. The maximum absolute atomic E-state index is 14.4. The molecular formula is C19H18FN5O2. The zero-order chi connectivity index (χ0) is 19.4. The molecule has 2 aromatic heterocycles. The van der Waals surface area contributed by atoms with E-state index in [0.717, 1.165) is 11.6 Å². The predicted octanol–water partition coefficient (Wildman–Crippen LogP) is 3.52. The molecule has 0 saturated heterocycles. The largest absolute Gasteiger partial charge is 0.497 e. The van der Waals surface area contributed by atoms with Crippen molar-refractivity contribution in [3.8, 4) is 5.75 Å². The highest BCUT2D eigenvalue weighted by Gasteiger charge is 2.17. The molecule has 0 aliphatic heterocycles. The molecule has 138 valence electrons. The molecule has 8 heteroatoms. The van der Waals surface area contributed by atoms with Gasteiger partial charge in [0.2, 0.25) is 0 Å². The van der Waals surface area contributed by atoms with E-state index >= 15 is 0 Å². The van der Waals surface area contributed by atoms with E-state index in [1.807, 2.05) is 19.1 Å². The van der Waals surface area contributed by atoms with Crippen molar-refractivity contribution in [2.24, 2.45) is 5.73 Å². The van der Waals surface area contributed by atoms with Gasteiger partial charge in [0.25, 0.3) is 5.91 Å². The van der Waals surface area contributed by atoms with Crippen LogP contribution in [0.1, 0.15) is 15.9 Å². The van der Waals surface area contributed by atoms with E-state index in [1.165, 1.54) is 0 Å². The summed E-state index contributed by atoms with van der Waals surface area (Å²) >= 11 is 0. The van der Waals surface area contributed by atoms with Gasteiger partial charge in [0, 0.05) is 18.0 Å². The molecule has 3 rings (SSSR count). The fraction of sp³-hybridized carbons (Fsp3) is 0.105. The zero-order valence-corrected chi connectivity index (χ0v) is 14.8. The van der Waals surface area contributed by atoms with Crippen molar-refractivity contribution < 1.29 is 13.9 Å². The second-order valence-corrected chi connectivity index (χ2v) is 5.78. The highest BCUT2D eigenvalue weighted by Crippen LogP contribution is 2.27. The van der Waals surface area contributed by atoms with Crippen LogP contribution in [-0.2, 0) is 0 Å². The molecule has 0 unspecified atom stereocenters. The number of carbonyl (C=O) groups excluding carboxylic acids is 1. The summed E-state index contributed by atoms with van der Waals surface area (Å²) in [5, 5.41) is 5.79. The second-order valence-electron chi connectivity index (χ2n) is 5.78. The third kappa shape index (κ3) is 4.30. The molecule has 0 aliphatic rings. The fourth-order valence-corrected chi connectivity index (χ4v) is 2.49. The van der Waals surface area contributed by atoms with E-state index in [1.54, 1.807) is 37.6 Å². The number of amides is 1. The van der Waals surface area contributed by atoms with Gasteiger partial charge in [-0.3, -0.25) is 4.79 Å². The summed E-state index contributed by atoms with van der Waals surface area (Å²) in [6.07, 6.45) is 1.57. The third-order valence-electron chi connectivity index (χ3n) is 3.70. The summed E-state index contributed by atoms with van der Waals surface area (Å²) < 4.78 is 19.6. The smallest absolute Gasteiger partial charge is 0.252 e. The Morgan fingerprint density at radius 1 is 1.15 bits per heavy atom. The predicted molar refractivity (Wildman–Crippen MR) is 101 cm³/mol. The van der Waals surface area contributed by atoms with Crippen LogP contribution in [0.2, 0.25) is 0 Å². The van der Waals surface area contributed by atoms with Crippen molar-refractivity contribution in [2.45, 2.75) is 6.92 Å². The van der Waals surface area contributed by atoms with Gasteiger partial charge in [-0.1, -0.05) is 6.07 Å². The van der Waals surface area contributed by atoms with E-state index in [2.05, 4.69) is 20.6 Å². The van der Waals surface area contributed by atoms with Gasteiger partial charge < -0.3 is 21.1 Å². The topological polar surface area (TPSA) is 102 Å². The van der Waals surface area contributed by atoms with Gasteiger partial charge in [-0.05, 0) is 42.8 Å². The van der Waals surface area contributed by atoms with Gasteiger partial charge in [-0.2, -0.15) is 0 Å². The molecule has 0 atom stereocenters. The lowest BCUT2D eigenvalue weighted by Crippen LogP contribution is -2.16. The molecule has 27 heavy (non-hydrogen) atoms. The number of hydrogen-bond acceptors (Lipinski definition) is 6. The number of halogens is 1. The summed E-state index contributed by atoms with van der Waals surface area (Å²) in [4.78, 5) is 20.0. The maximum atomic E-state index is 14.4. The average molecular weight is 367 g/mol. The van der Waals surface area contributed by atoms with Gasteiger partial charge >= 0.3 is 0 Å². The molecule has 2 heterocycles. The summed E-state index contributed by atoms with van der Waals surface area (Å²) in [5.41, 5.74) is 6.87. The molecule has 0 saturated carbocycles. The Labute approximate surface area is 155 Å². The van der Waals surface area contributed by atoms with E-state index in [-0.39, 0.29) is 17.2 Å². The van der Waals surface area contributed by atoms with Crippen LogP contribution in [-0.4, -0.2) is 23.0 Å². The van der Waals surface area contributed by atoms with Crippen LogP contribution in [0.3, 0.4) is 0 Å². The van der Waals surface area contributed by atoms with Crippen molar-refractivity contribution in [1.82, 2.24) is 9.97 Å². The van der Waals surface area contributed by atoms with Gasteiger partial charge in [0.05, 0.1) is 12.7 Å². The van der Waals surface area contributed by atoms with Gasteiger partial charge in [-0.15, -0.1) is 0 Å². The van der Waals surface area contributed by atoms with Crippen LogP contribution in [0, 0.1) is 12.7 Å².